The van der Waals surface area contributed by atoms with Crippen LogP contribution in [0.1, 0.15) is 28.8 Å². The number of rotatable bonds is 7. The summed E-state index contributed by atoms with van der Waals surface area (Å²) in [5.41, 5.74) is 1.59. The van der Waals surface area contributed by atoms with E-state index in [1.165, 1.54) is 30.3 Å². The minimum absolute atomic E-state index is 0.124. The van der Waals surface area contributed by atoms with Gasteiger partial charge < -0.3 is 5.32 Å². The summed E-state index contributed by atoms with van der Waals surface area (Å²) in [7, 11) is -3.76. The van der Waals surface area contributed by atoms with Crippen molar-refractivity contribution >= 4 is 33.2 Å². The lowest BCUT2D eigenvalue weighted by Crippen LogP contribution is -2.28. The third-order valence-corrected chi connectivity index (χ3v) is 6.18. The molecule has 0 bridgehead atoms. The Bertz CT molecular complexity index is 1090. The van der Waals surface area contributed by atoms with Crippen LogP contribution in [-0.4, -0.2) is 20.9 Å². The maximum absolute atomic E-state index is 12.6. The highest BCUT2D eigenvalue weighted by Gasteiger charge is 2.17. The highest BCUT2D eigenvalue weighted by atomic mass is 35.5. The molecule has 150 valence electrons. The van der Waals surface area contributed by atoms with E-state index in [-0.39, 0.29) is 33.0 Å². The molecule has 0 saturated carbocycles. The van der Waals surface area contributed by atoms with Gasteiger partial charge in [0.1, 0.15) is 0 Å². The minimum atomic E-state index is -3.76. The number of halogens is 1. The predicted molar refractivity (Wildman–Crippen MR) is 116 cm³/mol. The Hall–Kier alpha value is -2.83. The van der Waals surface area contributed by atoms with Gasteiger partial charge in [-0.1, -0.05) is 67.1 Å². The van der Waals surface area contributed by atoms with Crippen LogP contribution < -0.4 is 10.0 Å². The zero-order valence-electron chi connectivity index (χ0n) is 15.8. The summed E-state index contributed by atoms with van der Waals surface area (Å²) >= 11 is 6.17. The molecule has 3 aromatic carbocycles. The predicted octanol–water partition coefficient (Wildman–Crippen LogP) is 4.67. The van der Waals surface area contributed by atoms with Gasteiger partial charge in [0.25, 0.3) is 15.9 Å². The molecule has 0 radical (unpaired) electrons. The number of carbonyl (C=O) groups is 1. The molecule has 29 heavy (non-hydrogen) atoms. The molecule has 0 fully saturated rings. The molecular weight excluding hydrogens is 408 g/mol. The van der Waals surface area contributed by atoms with E-state index >= 15 is 0 Å². The minimum Gasteiger partial charge on any atom is -0.351 e. The van der Waals surface area contributed by atoms with Crippen molar-refractivity contribution in [2.45, 2.75) is 17.7 Å². The lowest BCUT2D eigenvalue weighted by atomic mass is 10.0. The van der Waals surface area contributed by atoms with Crippen LogP contribution in [0.25, 0.3) is 0 Å². The molecule has 2 N–H and O–H groups in total. The standard InChI is InChI=1S/C22H21ClN2O3S/c1-16(17-8-4-2-5-9-17)15-24-22(26)20-14-18(12-13-21(20)23)25-29(27,28)19-10-6-3-7-11-19/h2-14,16,25H,15H2,1H3,(H,24,26). The molecule has 7 heteroatoms. The van der Waals surface area contributed by atoms with Crippen molar-refractivity contribution in [3.63, 3.8) is 0 Å². The van der Waals surface area contributed by atoms with Gasteiger partial charge in [0.05, 0.1) is 15.5 Å². The third-order valence-electron chi connectivity index (χ3n) is 4.45. The maximum atomic E-state index is 12.6. The molecule has 1 atom stereocenters. The first-order valence-corrected chi connectivity index (χ1v) is 10.9. The van der Waals surface area contributed by atoms with E-state index in [1.54, 1.807) is 18.2 Å². The summed E-state index contributed by atoms with van der Waals surface area (Å²) in [6.45, 7) is 2.45. The monoisotopic (exact) mass is 428 g/mol. The van der Waals surface area contributed by atoms with Crippen LogP contribution >= 0.6 is 11.6 Å². The summed E-state index contributed by atoms with van der Waals surface area (Å²) < 4.78 is 27.5. The van der Waals surface area contributed by atoms with E-state index in [2.05, 4.69) is 10.0 Å². The van der Waals surface area contributed by atoms with Crippen LogP contribution in [0.4, 0.5) is 5.69 Å². The molecule has 5 nitrogen and oxygen atoms in total. The van der Waals surface area contributed by atoms with Crippen molar-refractivity contribution in [2.24, 2.45) is 0 Å². The number of sulfonamides is 1. The Morgan fingerprint density at radius 3 is 2.24 bits per heavy atom. The van der Waals surface area contributed by atoms with Crippen LogP contribution in [0.5, 0.6) is 0 Å². The van der Waals surface area contributed by atoms with Crippen LogP contribution in [-0.2, 0) is 10.0 Å². The number of hydrogen-bond acceptors (Lipinski definition) is 3. The summed E-state index contributed by atoms with van der Waals surface area (Å²) in [6, 6.07) is 22.3. The zero-order chi connectivity index (χ0) is 20.9. The van der Waals surface area contributed by atoms with Crippen LogP contribution in [0, 0.1) is 0 Å². The average molecular weight is 429 g/mol. The molecule has 1 unspecified atom stereocenters. The van der Waals surface area contributed by atoms with Gasteiger partial charge >= 0.3 is 0 Å². The normalized spacial score (nSPS) is 12.2. The van der Waals surface area contributed by atoms with Gasteiger partial charge in [0, 0.05) is 12.2 Å². The van der Waals surface area contributed by atoms with Gasteiger partial charge in [-0.25, -0.2) is 8.42 Å². The Kier molecular flexibility index (Phi) is 6.56. The number of carbonyl (C=O) groups excluding carboxylic acids is 1. The van der Waals surface area contributed by atoms with E-state index in [4.69, 9.17) is 11.6 Å². The van der Waals surface area contributed by atoms with Crippen molar-refractivity contribution in [2.75, 3.05) is 11.3 Å². The van der Waals surface area contributed by atoms with Crippen LogP contribution in [0.15, 0.2) is 83.8 Å². The maximum Gasteiger partial charge on any atom is 0.261 e. The van der Waals surface area contributed by atoms with Gasteiger partial charge in [-0.05, 0) is 41.8 Å². The van der Waals surface area contributed by atoms with Crippen molar-refractivity contribution in [1.29, 1.82) is 0 Å². The number of amides is 1. The molecule has 1 amide bonds. The SMILES string of the molecule is CC(CNC(=O)c1cc(NS(=O)(=O)c2ccccc2)ccc1Cl)c1ccccc1. The van der Waals surface area contributed by atoms with E-state index in [0.29, 0.717) is 6.54 Å². The van der Waals surface area contributed by atoms with E-state index in [1.807, 2.05) is 37.3 Å². The fourth-order valence-corrected chi connectivity index (χ4v) is 4.09. The number of nitrogens with one attached hydrogen (secondary N) is 2. The van der Waals surface area contributed by atoms with Crippen molar-refractivity contribution < 1.29 is 13.2 Å². The fraction of sp³-hybridized carbons (Fsp3) is 0.136. The number of anilines is 1. The Morgan fingerprint density at radius 1 is 0.966 bits per heavy atom. The first kappa shape index (κ1) is 20.9. The third kappa shape index (κ3) is 5.37. The summed E-state index contributed by atoms with van der Waals surface area (Å²) in [5.74, 6) is -0.239. The van der Waals surface area contributed by atoms with Gasteiger partial charge in [-0.2, -0.15) is 0 Å². The highest BCUT2D eigenvalue weighted by Crippen LogP contribution is 2.23. The van der Waals surface area contributed by atoms with Gasteiger partial charge in [0.2, 0.25) is 0 Å². The molecule has 0 saturated heterocycles. The molecule has 0 aromatic heterocycles. The highest BCUT2D eigenvalue weighted by molar-refractivity contribution is 7.92. The van der Waals surface area contributed by atoms with Crippen molar-refractivity contribution in [3.05, 3.63) is 95.0 Å². The Balaban J connectivity index is 1.72. The van der Waals surface area contributed by atoms with Gasteiger partial charge in [-0.15, -0.1) is 0 Å². The number of benzene rings is 3. The van der Waals surface area contributed by atoms with Crippen molar-refractivity contribution in [1.82, 2.24) is 5.32 Å². The molecule has 0 aliphatic carbocycles. The molecule has 0 heterocycles. The topological polar surface area (TPSA) is 75.3 Å². The summed E-state index contributed by atoms with van der Waals surface area (Å²) in [6.07, 6.45) is 0. The molecule has 0 aliphatic heterocycles. The van der Waals surface area contributed by atoms with Crippen LogP contribution in [0.3, 0.4) is 0 Å². The smallest absolute Gasteiger partial charge is 0.261 e. The largest absolute Gasteiger partial charge is 0.351 e. The molecule has 0 aliphatic rings. The lowest BCUT2D eigenvalue weighted by Gasteiger charge is -2.14. The van der Waals surface area contributed by atoms with Gasteiger partial charge in [-0.3, -0.25) is 9.52 Å². The molecule has 0 spiro atoms. The summed E-state index contributed by atoms with van der Waals surface area (Å²) in [4.78, 5) is 12.8. The van der Waals surface area contributed by atoms with E-state index < -0.39 is 10.0 Å². The fourth-order valence-electron chi connectivity index (χ4n) is 2.82. The summed E-state index contributed by atoms with van der Waals surface area (Å²) in [5, 5.41) is 3.11. The van der Waals surface area contributed by atoms with Crippen molar-refractivity contribution in [3.8, 4) is 0 Å². The first-order valence-electron chi connectivity index (χ1n) is 9.07. The van der Waals surface area contributed by atoms with Crippen LogP contribution in [0.2, 0.25) is 5.02 Å². The second kappa shape index (κ2) is 9.11. The Labute approximate surface area is 175 Å². The molecule has 3 aromatic rings. The number of hydrogen-bond donors (Lipinski definition) is 2. The quantitative estimate of drug-likeness (QED) is 0.574. The average Bonchev–Trinajstić information content (AvgIpc) is 2.74. The first-order chi connectivity index (χ1) is 13.9. The van der Waals surface area contributed by atoms with E-state index in [0.717, 1.165) is 5.56 Å². The second-order valence-electron chi connectivity index (χ2n) is 6.63. The zero-order valence-corrected chi connectivity index (χ0v) is 17.4. The van der Waals surface area contributed by atoms with Gasteiger partial charge in [0.15, 0.2) is 0 Å². The lowest BCUT2D eigenvalue weighted by molar-refractivity contribution is 0.0952. The molecule has 3 rings (SSSR count). The molecular formula is C22H21ClN2O3S. The Morgan fingerprint density at radius 2 is 1.59 bits per heavy atom. The van der Waals surface area contributed by atoms with E-state index in [9.17, 15) is 13.2 Å². The second-order valence-corrected chi connectivity index (χ2v) is 8.72.